The fourth-order valence-electron chi connectivity index (χ4n) is 2.85. The Morgan fingerprint density at radius 2 is 2.11 bits per heavy atom. The highest BCUT2D eigenvalue weighted by Crippen LogP contribution is 2.22. The van der Waals surface area contributed by atoms with Crippen LogP contribution in [0.15, 0.2) is 0 Å². The average Bonchev–Trinajstić information content (AvgIpc) is 2.86. The number of ether oxygens (including phenoxy) is 2. The molecule has 1 aliphatic heterocycles. The van der Waals surface area contributed by atoms with E-state index in [4.69, 9.17) is 9.47 Å². The van der Waals surface area contributed by atoms with Crippen LogP contribution in [0.3, 0.4) is 0 Å². The molecule has 0 radical (unpaired) electrons. The maximum absolute atomic E-state index is 12.2. The number of rotatable bonds is 4. The number of hydrogen-bond donors (Lipinski definition) is 1. The second-order valence-electron chi connectivity index (χ2n) is 5.14. The molecule has 5 heteroatoms. The molecule has 2 rings (SSSR count). The van der Waals surface area contributed by atoms with E-state index >= 15 is 0 Å². The van der Waals surface area contributed by atoms with Gasteiger partial charge in [0.25, 0.3) is 0 Å². The monoisotopic (exact) mass is 256 g/mol. The highest BCUT2D eigenvalue weighted by Gasteiger charge is 2.31. The summed E-state index contributed by atoms with van der Waals surface area (Å²) in [5.41, 5.74) is 0. The molecule has 1 saturated carbocycles. The van der Waals surface area contributed by atoms with Gasteiger partial charge in [-0.1, -0.05) is 0 Å². The predicted molar refractivity (Wildman–Crippen MR) is 68.4 cm³/mol. The molecule has 18 heavy (non-hydrogen) atoms. The van der Waals surface area contributed by atoms with Gasteiger partial charge >= 0.3 is 0 Å². The fourth-order valence-corrected chi connectivity index (χ4v) is 2.85. The smallest absolute Gasteiger partial charge is 0.239 e. The lowest BCUT2D eigenvalue weighted by Gasteiger charge is -2.31. The van der Waals surface area contributed by atoms with Gasteiger partial charge in [0.05, 0.1) is 25.4 Å². The molecule has 2 aliphatic rings. The van der Waals surface area contributed by atoms with Gasteiger partial charge in [0.1, 0.15) is 0 Å². The van der Waals surface area contributed by atoms with Crippen molar-refractivity contribution in [3.8, 4) is 0 Å². The van der Waals surface area contributed by atoms with Crippen LogP contribution in [-0.2, 0) is 14.3 Å². The second kappa shape index (κ2) is 6.50. The number of amides is 1. The molecule has 1 amide bonds. The van der Waals surface area contributed by atoms with E-state index in [1.807, 2.05) is 11.8 Å². The van der Waals surface area contributed by atoms with Crippen LogP contribution in [-0.4, -0.2) is 62.4 Å². The zero-order chi connectivity index (χ0) is 13.0. The second-order valence-corrected chi connectivity index (χ2v) is 5.14. The predicted octanol–water partition coefficient (Wildman–Crippen LogP) is 0.391. The largest absolute Gasteiger partial charge is 0.380 e. The van der Waals surface area contributed by atoms with Crippen molar-refractivity contribution in [3.05, 3.63) is 0 Å². The van der Waals surface area contributed by atoms with Gasteiger partial charge in [-0.25, -0.2) is 0 Å². The Morgan fingerprint density at radius 3 is 2.78 bits per heavy atom. The molecular formula is C13H24N2O3. The SMILES string of the molecule is COC1CCCC1NC(C)C(=O)N1CCOCC1. The summed E-state index contributed by atoms with van der Waals surface area (Å²) < 4.78 is 10.7. The summed E-state index contributed by atoms with van der Waals surface area (Å²) in [4.78, 5) is 14.1. The van der Waals surface area contributed by atoms with Crippen LogP contribution in [0.1, 0.15) is 26.2 Å². The summed E-state index contributed by atoms with van der Waals surface area (Å²) in [6, 6.07) is 0.179. The lowest BCUT2D eigenvalue weighted by atomic mass is 10.1. The minimum absolute atomic E-state index is 0.135. The summed E-state index contributed by atoms with van der Waals surface area (Å²) in [5.74, 6) is 0.181. The van der Waals surface area contributed by atoms with Gasteiger partial charge in [-0.3, -0.25) is 4.79 Å². The Kier molecular flexibility index (Phi) is 4.97. The molecule has 0 bridgehead atoms. The van der Waals surface area contributed by atoms with Gasteiger partial charge in [0.2, 0.25) is 5.91 Å². The first-order valence-corrected chi connectivity index (χ1v) is 6.87. The third-order valence-corrected chi connectivity index (χ3v) is 3.91. The highest BCUT2D eigenvalue weighted by atomic mass is 16.5. The molecule has 3 unspecified atom stereocenters. The Morgan fingerprint density at radius 1 is 1.39 bits per heavy atom. The molecule has 104 valence electrons. The summed E-state index contributed by atoms with van der Waals surface area (Å²) in [6.07, 6.45) is 3.62. The van der Waals surface area contributed by atoms with Crippen molar-refractivity contribution >= 4 is 5.91 Å². The standard InChI is InChI=1S/C13H24N2O3/c1-10(13(16)15-6-8-18-9-7-15)14-11-4-3-5-12(11)17-2/h10-12,14H,3-9H2,1-2H3. The van der Waals surface area contributed by atoms with Crippen molar-refractivity contribution in [2.24, 2.45) is 0 Å². The molecule has 5 nitrogen and oxygen atoms in total. The third kappa shape index (κ3) is 3.22. The number of carbonyl (C=O) groups is 1. The number of morpholine rings is 1. The van der Waals surface area contributed by atoms with Gasteiger partial charge in [-0.2, -0.15) is 0 Å². The van der Waals surface area contributed by atoms with E-state index < -0.39 is 0 Å². The Bertz CT molecular complexity index is 279. The van der Waals surface area contributed by atoms with Crippen molar-refractivity contribution in [1.29, 1.82) is 0 Å². The lowest BCUT2D eigenvalue weighted by molar-refractivity contribution is -0.137. The molecule has 0 aromatic heterocycles. The summed E-state index contributed by atoms with van der Waals surface area (Å²) in [5, 5.41) is 3.42. The van der Waals surface area contributed by atoms with Gasteiger partial charge in [0, 0.05) is 26.2 Å². The normalized spacial score (nSPS) is 30.4. The number of methoxy groups -OCH3 is 1. The maximum atomic E-state index is 12.2. The maximum Gasteiger partial charge on any atom is 0.239 e. The van der Waals surface area contributed by atoms with E-state index in [9.17, 15) is 4.79 Å². The van der Waals surface area contributed by atoms with E-state index in [1.54, 1.807) is 7.11 Å². The molecule has 0 spiro atoms. The highest BCUT2D eigenvalue weighted by molar-refractivity contribution is 5.81. The Balaban J connectivity index is 1.82. The van der Waals surface area contributed by atoms with E-state index in [-0.39, 0.29) is 18.1 Å². The van der Waals surface area contributed by atoms with Crippen molar-refractivity contribution < 1.29 is 14.3 Å². The molecular weight excluding hydrogens is 232 g/mol. The number of nitrogens with one attached hydrogen (secondary N) is 1. The minimum Gasteiger partial charge on any atom is -0.380 e. The Hall–Kier alpha value is -0.650. The van der Waals surface area contributed by atoms with E-state index in [0.717, 1.165) is 12.8 Å². The van der Waals surface area contributed by atoms with E-state index in [2.05, 4.69) is 5.32 Å². The molecule has 0 aromatic carbocycles. The third-order valence-electron chi connectivity index (χ3n) is 3.91. The Labute approximate surface area is 109 Å². The summed E-state index contributed by atoms with van der Waals surface area (Å²) in [7, 11) is 1.75. The average molecular weight is 256 g/mol. The lowest BCUT2D eigenvalue weighted by Crippen LogP contribution is -2.52. The van der Waals surface area contributed by atoms with Crippen LogP contribution in [0.2, 0.25) is 0 Å². The van der Waals surface area contributed by atoms with Crippen LogP contribution in [0.4, 0.5) is 0 Å². The number of carbonyl (C=O) groups excluding carboxylic acids is 1. The van der Waals surface area contributed by atoms with Gasteiger partial charge in [0.15, 0.2) is 0 Å². The zero-order valence-electron chi connectivity index (χ0n) is 11.4. The first kappa shape index (κ1) is 13.8. The van der Waals surface area contributed by atoms with Gasteiger partial charge < -0.3 is 19.7 Å². The quantitative estimate of drug-likeness (QED) is 0.790. The summed E-state index contributed by atoms with van der Waals surface area (Å²) >= 11 is 0. The molecule has 1 saturated heterocycles. The van der Waals surface area contributed by atoms with Gasteiger partial charge in [-0.15, -0.1) is 0 Å². The molecule has 0 aromatic rings. The zero-order valence-corrected chi connectivity index (χ0v) is 11.4. The molecule has 2 fully saturated rings. The van der Waals surface area contributed by atoms with Crippen LogP contribution >= 0.6 is 0 Å². The van der Waals surface area contributed by atoms with Gasteiger partial charge in [-0.05, 0) is 26.2 Å². The van der Waals surface area contributed by atoms with Crippen LogP contribution in [0.25, 0.3) is 0 Å². The van der Waals surface area contributed by atoms with E-state index in [0.29, 0.717) is 32.3 Å². The van der Waals surface area contributed by atoms with Crippen molar-refractivity contribution in [3.63, 3.8) is 0 Å². The summed E-state index contributed by atoms with van der Waals surface area (Å²) in [6.45, 7) is 4.68. The first-order chi connectivity index (χ1) is 8.72. The number of hydrogen-bond acceptors (Lipinski definition) is 4. The molecule has 3 atom stereocenters. The van der Waals surface area contributed by atoms with E-state index in [1.165, 1.54) is 6.42 Å². The van der Waals surface area contributed by atoms with Crippen molar-refractivity contribution in [2.45, 2.75) is 44.4 Å². The molecule has 1 N–H and O–H groups in total. The molecule has 1 aliphatic carbocycles. The van der Waals surface area contributed by atoms with Crippen molar-refractivity contribution in [1.82, 2.24) is 10.2 Å². The number of nitrogens with zero attached hydrogens (tertiary/aromatic N) is 1. The van der Waals surface area contributed by atoms with Crippen LogP contribution in [0.5, 0.6) is 0 Å². The van der Waals surface area contributed by atoms with Crippen LogP contribution in [0, 0.1) is 0 Å². The van der Waals surface area contributed by atoms with Crippen molar-refractivity contribution in [2.75, 3.05) is 33.4 Å². The first-order valence-electron chi connectivity index (χ1n) is 6.87. The minimum atomic E-state index is -0.135. The van der Waals surface area contributed by atoms with Crippen LogP contribution < -0.4 is 5.32 Å². The topological polar surface area (TPSA) is 50.8 Å². The molecule has 1 heterocycles. The fraction of sp³-hybridized carbons (Fsp3) is 0.923.